The van der Waals surface area contributed by atoms with Crippen molar-refractivity contribution >= 4 is 11.9 Å². The van der Waals surface area contributed by atoms with Gasteiger partial charge in [0.1, 0.15) is 6.04 Å². The van der Waals surface area contributed by atoms with Gasteiger partial charge in [-0.1, -0.05) is 0 Å². The van der Waals surface area contributed by atoms with Crippen LogP contribution < -0.4 is 11.1 Å². The Balaban J connectivity index is 2.49. The number of ether oxygens (including phenoxy) is 1. The summed E-state index contributed by atoms with van der Waals surface area (Å²) in [5.74, 6) is -0.0748. The molecule has 1 amide bonds. The van der Waals surface area contributed by atoms with Crippen LogP contribution in [0.15, 0.2) is 0 Å². The molecular formula is C13H24N2O3. The van der Waals surface area contributed by atoms with Crippen molar-refractivity contribution in [3.05, 3.63) is 0 Å². The van der Waals surface area contributed by atoms with E-state index in [4.69, 9.17) is 10.5 Å². The molecule has 0 radical (unpaired) electrons. The highest BCUT2D eigenvalue weighted by Gasteiger charge is 2.27. The zero-order valence-corrected chi connectivity index (χ0v) is 11.3. The smallest absolute Gasteiger partial charge is 0.328 e. The SMILES string of the molecule is CCOC(=O)C(CC1CCC(N)CC1)NC(C)=O. The van der Waals surface area contributed by atoms with E-state index in [1.165, 1.54) is 6.92 Å². The number of hydrogen-bond acceptors (Lipinski definition) is 4. The molecule has 3 N–H and O–H groups in total. The molecule has 5 nitrogen and oxygen atoms in total. The standard InChI is InChI=1S/C13H24N2O3/c1-3-18-13(17)12(15-9(2)16)8-10-4-6-11(14)7-5-10/h10-12H,3-8,14H2,1-2H3,(H,15,16). The summed E-state index contributed by atoms with van der Waals surface area (Å²) in [7, 11) is 0. The van der Waals surface area contributed by atoms with Crippen LogP contribution in [0, 0.1) is 5.92 Å². The highest BCUT2D eigenvalue weighted by molar-refractivity contribution is 5.83. The third-order valence-electron chi connectivity index (χ3n) is 3.41. The Hall–Kier alpha value is -1.10. The van der Waals surface area contributed by atoms with Gasteiger partial charge in [0.05, 0.1) is 6.61 Å². The lowest BCUT2D eigenvalue weighted by Gasteiger charge is -2.28. The third kappa shape index (κ3) is 5.04. The molecule has 1 fully saturated rings. The molecule has 1 aliphatic carbocycles. The van der Waals surface area contributed by atoms with Gasteiger partial charge in [-0.3, -0.25) is 4.79 Å². The van der Waals surface area contributed by atoms with E-state index in [1.54, 1.807) is 6.92 Å². The number of nitrogens with two attached hydrogens (primary N) is 1. The van der Waals surface area contributed by atoms with Gasteiger partial charge in [0.25, 0.3) is 0 Å². The molecule has 1 atom stereocenters. The van der Waals surface area contributed by atoms with Crippen molar-refractivity contribution in [2.45, 2.75) is 58.0 Å². The van der Waals surface area contributed by atoms with Crippen LogP contribution in [0.3, 0.4) is 0 Å². The Morgan fingerprint density at radius 1 is 1.33 bits per heavy atom. The number of carbonyl (C=O) groups excluding carboxylic acids is 2. The number of nitrogens with one attached hydrogen (secondary N) is 1. The van der Waals surface area contributed by atoms with Crippen molar-refractivity contribution in [3.63, 3.8) is 0 Å². The Morgan fingerprint density at radius 2 is 1.94 bits per heavy atom. The molecular weight excluding hydrogens is 232 g/mol. The summed E-state index contributed by atoms with van der Waals surface area (Å²) >= 11 is 0. The monoisotopic (exact) mass is 256 g/mol. The lowest BCUT2D eigenvalue weighted by molar-refractivity contribution is -0.147. The first kappa shape index (κ1) is 15.0. The fourth-order valence-corrected chi connectivity index (χ4v) is 2.46. The van der Waals surface area contributed by atoms with E-state index in [2.05, 4.69) is 5.32 Å². The summed E-state index contributed by atoms with van der Waals surface area (Å²) < 4.78 is 4.99. The average Bonchev–Trinajstić information content (AvgIpc) is 2.31. The van der Waals surface area contributed by atoms with E-state index < -0.39 is 6.04 Å². The summed E-state index contributed by atoms with van der Waals surface area (Å²) in [5.41, 5.74) is 5.85. The summed E-state index contributed by atoms with van der Waals surface area (Å²) in [5, 5.41) is 2.68. The average molecular weight is 256 g/mol. The van der Waals surface area contributed by atoms with Gasteiger partial charge in [-0.15, -0.1) is 0 Å². The maximum atomic E-state index is 11.8. The molecule has 1 saturated carbocycles. The van der Waals surface area contributed by atoms with Crippen LogP contribution in [0.1, 0.15) is 46.0 Å². The van der Waals surface area contributed by atoms with Gasteiger partial charge in [0.15, 0.2) is 0 Å². The number of amides is 1. The topological polar surface area (TPSA) is 81.4 Å². The van der Waals surface area contributed by atoms with E-state index >= 15 is 0 Å². The molecule has 0 aromatic carbocycles. The molecule has 0 aliphatic heterocycles. The number of esters is 1. The Kier molecular flexibility index (Phi) is 6.12. The minimum atomic E-state index is -0.512. The van der Waals surface area contributed by atoms with Crippen LogP contribution in [0.5, 0.6) is 0 Å². The van der Waals surface area contributed by atoms with Crippen molar-refractivity contribution in [2.75, 3.05) is 6.61 Å². The molecule has 104 valence electrons. The van der Waals surface area contributed by atoms with Crippen LogP contribution >= 0.6 is 0 Å². The van der Waals surface area contributed by atoms with E-state index in [9.17, 15) is 9.59 Å². The zero-order valence-electron chi connectivity index (χ0n) is 11.3. The highest BCUT2D eigenvalue weighted by Crippen LogP contribution is 2.27. The van der Waals surface area contributed by atoms with Crippen LogP contribution in [0.25, 0.3) is 0 Å². The Bertz CT molecular complexity index is 286. The van der Waals surface area contributed by atoms with Crippen LogP contribution in [-0.2, 0) is 14.3 Å². The molecule has 0 aromatic heterocycles. The van der Waals surface area contributed by atoms with Gasteiger partial charge >= 0.3 is 5.97 Å². The normalized spacial score (nSPS) is 25.3. The van der Waals surface area contributed by atoms with Gasteiger partial charge < -0.3 is 15.8 Å². The molecule has 5 heteroatoms. The fraction of sp³-hybridized carbons (Fsp3) is 0.846. The molecule has 0 aromatic rings. The quantitative estimate of drug-likeness (QED) is 0.718. The second-order valence-corrected chi connectivity index (χ2v) is 5.02. The maximum absolute atomic E-state index is 11.8. The van der Waals surface area contributed by atoms with Crippen molar-refractivity contribution in [1.82, 2.24) is 5.32 Å². The summed E-state index contributed by atoms with van der Waals surface area (Å²) in [6.45, 7) is 3.52. The van der Waals surface area contributed by atoms with Crippen molar-refractivity contribution in [1.29, 1.82) is 0 Å². The van der Waals surface area contributed by atoms with Crippen LogP contribution in [0.2, 0.25) is 0 Å². The largest absolute Gasteiger partial charge is 0.464 e. The number of carbonyl (C=O) groups is 2. The van der Waals surface area contributed by atoms with Crippen molar-refractivity contribution < 1.29 is 14.3 Å². The van der Waals surface area contributed by atoms with Gasteiger partial charge in [-0.2, -0.15) is 0 Å². The van der Waals surface area contributed by atoms with Crippen molar-refractivity contribution in [3.8, 4) is 0 Å². The summed E-state index contributed by atoms with van der Waals surface area (Å²) in [6, 6.07) is -0.218. The lowest BCUT2D eigenvalue weighted by Crippen LogP contribution is -2.42. The number of hydrogen-bond donors (Lipinski definition) is 2. The van der Waals surface area contributed by atoms with E-state index in [0.29, 0.717) is 25.0 Å². The maximum Gasteiger partial charge on any atom is 0.328 e. The molecule has 1 aliphatic rings. The van der Waals surface area contributed by atoms with Crippen LogP contribution in [-0.4, -0.2) is 30.6 Å². The van der Waals surface area contributed by atoms with Gasteiger partial charge in [0, 0.05) is 13.0 Å². The molecule has 1 rings (SSSR count). The van der Waals surface area contributed by atoms with Gasteiger partial charge in [0.2, 0.25) is 5.91 Å². The van der Waals surface area contributed by atoms with Gasteiger partial charge in [-0.25, -0.2) is 4.79 Å². The Labute approximate surface area is 108 Å². The second-order valence-electron chi connectivity index (χ2n) is 5.02. The van der Waals surface area contributed by atoms with Crippen LogP contribution in [0.4, 0.5) is 0 Å². The third-order valence-corrected chi connectivity index (χ3v) is 3.41. The zero-order chi connectivity index (χ0) is 13.5. The highest BCUT2D eigenvalue weighted by atomic mass is 16.5. The Morgan fingerprint density at radius 3 is 2.44 bits per heavy atom. The predicted molar refractivity (Wildman–Crippen MR) is 68.8 cm³/mol. The first-order valence-electron chi connectivity index (χ1n) is 6.72. The molecule has 0 spiro atoms. The van der Waals surface area contributed by atoms with E-state index in [0.717, 1.165) is 25.7 Å². The first-order chi connectivity index (χ1) is 8.52. The van der Waals surface area contributed by atoms with Gasteiger partial charge in [-0.05, 0) is 44.9 Å². The minimum Gasteiger partial charge on any atom is -0.464 e. The first-order valence-corrected chi connectivity index (χ1v) is 6.72. The fourth-order valence-electron chi connectivity index (χ4n) is 2.46. The molecule has 0 bridgehead atoms. The lowest BCUT2D eigenvalue weighted by atomic mass is 9.82. The second kappa shape index (κ2) is 7.36. The minimum absolute atomic E-state index is 0.194. The predicted octanol–water partition coefficient (Wildman–Crippen LogP) is 0.962. The molecule has 18 heavy (non-hydrogen) atoms. The summed E-state index contributed by atoms with van der Waals surface area (Å²) in [4.78, 5) is 22.9. The molecule has 1 unspecified atom stereocenters. The van der Waals surface area contributed by atoms with E-state index in [-0.39, 0.29) is 11.9 Å². The molecule has 0 heterocycles. The summed E-state index contributed by atoms with van der Waals surface area (Å²) in [6.07, 6.45) is 4.71. The molecule has 0 saturated heterocycles. The van der Waals surface area contributed by atoms with Crippen molar-refractivity contribution in [2.24, 2.45) is 11.7 Å². The van der Waals surface area contributed by atoms with E-state index in [1.807, 2.05) is 0 Å². The number of rotatable bonds is 5.